The number of carbonyl (C=O) groups is 1. The van der Waals surface area contributed by atoms with Gasteiger partial charge >= 0.3 is 5.97 Å². The minimum atomic E-state index is -0.467. The van der Waals surface area contributed by atoms with E-state index in [4.69, 9.17) is 15.2 Å². The van der Waals surface area contributed by atoms with Gasteiger partial charge in [-0.25, -0.2) is 4.79 Å². The fraction of sp³-hybridized carbons (Fsp3) is 0.0370. The van der Waals surface area contributed by atoms with E-state index in [0.717, 1.165) is 26.4 Å². The van der Waals surface area contributed by atoms with Gasteiger partial charge in [-0.1, -0.05) is 76.6 Å². The average molecular weight is 497 g/mol. The Morgan fingerprint density at radius 2 is 1.73 bits per heavy atom. The minimum absolute atomic E-state index is 0.0308. The number of nitrogens with two attached hydrogens (primary N) is 1. The summed E-state index contributed by atoms with van der Waals surface area (Å²) < 4.78 is 12.3. The van der Waals surface area contributed by atoms with Crippen LogP contribution in [0.5, 0.6) is 11.5 Å². The molecule has 5 rings (SSSR count). The first-order valence-electron chi connectivity index (χ1n) is 10.2. The van der Waals surface area contributed by atoms with Gasteiger partial charge in [0, 0.05) is 16.1 Å². The van der Waals surface area contributed by atoms with Crippen molar-refractivity contribution >= 4 is 32.7 Å². The van der Waals surface area contributed by atoms with Crippen LogP contribution in [-0.2, 0) is 0 Å². The lowest BCUT2D eigenvalue weighted by atomic mass is 9.83. The molecule has 0 aromatic heterocycles. The number of hydrogen-bond donors (Lipinski definition) is 1. The zero-order valence-electron chi connectivity index (χ0n) is 17.3. The van der Waals surface area contributed by atoms with E-state index in [1.165, 1.54) is 0 Å². The molecular weight excluding hydrogens is 480 g/mol. The molecule has 5 nitrogen and oxygen atoms in total. The third-order valence-electron chi connectivity index (χ3n) is 5.63. The zero-order valence-corrected chi connectivity index (χ0v) is 18.9. The van der Waals surface area contributed by atoms with Crippen LogP contribution < -0.4 is 15.2 Å². The molecule has 1 heterocycles. The Kier molecular flexibility index (Phi) is 5.33. The van der Waals surface area contributed by atoms with Crippen molar-refractivity contribution < 1.29 is 14.3 Å². The second-order valence-corrected chi connectivity index (χ2v) is 8.42. The Morgan fingerprint density at radius 1 is 0.970 bits per heavy atom. The van der Waals surface area contributed by atoms with Crippen LogP contribution >= 0.6 is 15.9 Å². The highest BCUT2D eigenvalue weighted by Crippen LogP contribution is 2.45. The van der Waals surface area contributed by atoms with Crippen LogP contribution in [0.2, 0.25) is 0 Å². The smallest absolute Gasteiger partial charge is 0.344 e. The Bertz CT molecular complexity index is 1480. The van der Waals surface area contributed by atoms with Gasteiger partial charge < -0.3 is 15.2 Å². The first kappa shape index (κ1) is 20.8. The Balaban J connectivity index is 1.52. The molecule has 1 aliphatic rings. The fourth-order valence-electron chi connectivity index (χ4n) is 4.09. The summed E-state index contributed by atoms with van der Waals surface area (Å²) >= 11 is 3.57. The molecule has 0 bridgehead atoms. The summed E-state index contributed by atoms with van der Waals surface area (Å²) in [5, 5.41) is 11.5. The number of carbonyl (C=O) groups excluding carboxylic acids is 1. The number of ether oxygens (including phenoxy) is 2. The van der Waals surface area contributed by atoms with E-state index >= 15 is 0 Å². The number of benzene rings is 4. The number of nitriles is 1. The van der Waals surface area contributed by atoms with Gasteiger partial charge in [-0.05, 0) is 34.5 Å². The first-order valence-corrected chi connectivity index (χ1v) is 11.0. The quantitative estimate of drug-likeness (QED) is 0.276. The summed E-state index contributed by atoms with van der Waals surface area (Å²) in [5.41, 5.74) is 8.56. The first-order chi connectivity index (χ1) is 16.1. The largest absolute Gasteiger partial charge is 0.440 e. The highest BCUT2D eigenvalue weighted by atomic mass is 79.9. The van der Waals surface area contributed by atoms with Gasteiger partial charge in [0.2, 0.25) is 5.88 Å². The van der Waals surface area contributed by atoms with Crippen LogP contribution in [0.4, 0.5) is 0 Å². The molecule has 1 atom stereocenters. The van der Waals surface area contributed by atoms with Crippen LogP contribution in [0.3, 0.4) is 0 Å². The SMILES string of the molecule is N#CC1=C(N)Oc2cc(OC(=O)c3cccc4ccccc34)ccc2C1c1ccccc1Br. The third kappa shape index (κ3) is 3.73. The molecule has 2 N–H and O–H groups in total. The predicted octanol–water partition coefficient (Wildman–Crippen LogP) is 6.04. The second-order valence-electron chi connectivity index (χ2n) is 7.56. The average Bonchev–Trinajstić information content (AvgIpc) is 2.83. The van der Waals surface area contributed by atoms with Crippen molar-refractivity contribution in [1.29, 1.82) is 5.26 Å². The van der Waals surface area contributed by atoms with E-state index in [1.54, 1.807) is 24.3 Å². The van der Waals surface area contributed by atoms with Crippen molar-refractivity contribution in [2.75, 3.05) is 0 Å². The monoisotopic (exact) mass is 496 g/mol. The number of rotatable bonds is 3. The molecular formula is C27H17BrN2O3. The molecule has 0 radical (unpaired) electrons. The van der Waals surface area contributed by atoms with Crippen molar-refractivity contribution in [3.8, 4) is 17.6 Å². The van der Waals surface area contributed by atoms with Gasteiger partial charge in [0.15, 0.2) is 0 Å². The maximum Gasteiger partial charge on any atom is 0.344 e. The normalized spacial score (nSPS) is 14.8. The summed E-state index contributed by atoms with van der Waals surface area (Å²) in [6.45, 7) is 0. The van der Waals surface area contributed by atoms with Gasteiger partial charge in [0.25, 0.3) is 0 Å². The number of fused-ring (bicyclic) bond motifs is 2. The molecule has 0 amide bonds. The molecule has 0 saturated carbocycles. The van der Waals surface area contributed by atoms with Crippen LogP contribution in [0, 0.1) is 11.3 Å². The molecule has 0 saturated heterocycles. The summed E-state index contributed by atoms with van der Waals surface area (Å²) in [7, 11) is 0. The zero-order chi connectivity index (χ0) is 22.9. The van der Waals surface area contributed by atoms with E-state index < -0.39 is 11.9 Å². The molecule has 1 unspecified atom stereocenters. The number of allylic oxidation sites excluding steroid dienone is 1. The lowest BCUT2D eigenvalue weighted by Crippen LogP contribution is -2.21. The summed E-state index contributed by atoms with van der Waals surface area (Å²) in [4.78, 5) is 12.9. The van der Waals surface area contributed by atoms with Crippen LogP contribution in [0.15, 0.2) is 101 Å². The maximum absolute atomic E-state index is 12.9. The maximum atomic E-state index is 12.9. The van der Waals surface area contributed by atoms with Gasteiger partial charge in [-0.2, -0.15) is 5.26 Å². The van der Waals surface area contributed by atoms with E-state index in [1.807, 2.05) is 60.7 Å². The highest BCUT2D eigenvalue weighted by molar-refractivity contribution is 9.10. The van der Waals surface area contributed by atoms with Gasteiger partial charge in [-0.3, -0.25) is 0 Å². The summed E-state index contributed by atoms with van der Waals surface area (Å²) in [6.07, 6.45) is 0. The lowest BCUT2D eigenvalue weighted by Gasteiger charge is -2.27. The van der Waals surface area contributed by atoms with Crippen LogP contribution in [-0.4, -0.2) is 5.97 Å². The Morgan fingerprint density at radius 3 is 2.55 bits per heavy atom. The third-order valence-corrected chi connectivity index (χ3v) is 6.35. The minimum Gasteiger partial charge on any atom is -0.440 e. The van der Waals surface area contributed by atoms with Gasteiger partial charge in [0.05, 0.1) is 11.5 Å². The van der Waals surface area contributed by atoms with Crippen molar-refractivity contribution in [2.45, 2.75) is 5.92 Å². The number of nitrogens with zero attached hydrogens (tertiary/aromatic N) is 1. The van der Waals surface area contributed by atoms with Crippen LogP contribution in [0.1, 0.15) is 27.4 Å². The van der Waals surface area contributed by atoms with Gasteiger partial charge in [0.1, 0.15) is 23.1 Å². The molecule has 160 valence electrons. The number of hydrogen-bond acceptors (Lipinski definition) is 5. The molecule has 33 heavy (non-hydrogen) atoms. The van der Waals surface area contributed by atoms with Crippen LogP contribution in [0.25, 0.3) is 10.8 Å². The van der Waals surface area contributed by atoms with E-state index in [-0.39, 0.29) is 5.88 Å². The Labute approximate surface area is 198 Å². The molecule has 1 aliphatic heterocycles. The number of esters is 1. The van der Waals surface area contributed by atoms with Gasteiger partial charge in [-0.15, -0.1) is 0 Å². The predicted molar refractivity (Wildman–Crippen MR) is 129 cm³/mol. The Hall–Kier alpha value is -4.08. The van der Waals surface area contributed by atoms with Crippen molar-refractivity contribution in [1.82, 2.24) is 0 Å². The molecule has 0 fully saturated rings. The van der Waals surface area contributed by atoms with Crippen molar-refractivity contribution in [3.05, 3.63) is 118 Å². The van der Waals surface area contributed by atoms with Crippen molar-refractivity contribution in [2.24, 2.45) is 5.73 Å². The highest BCUT2D eigenvalue weighted by Gasteiger charge is 2.32. The van der Waals surface area contributed by atoms with E-state index in [2.05, 4.69) is 22.0 Å². The molecule has 4 aromatic carbocycles. The van der Waals surface area contributed by atoms with E-state index in [0.29, 0.717) is 22.6 Å². The number of halogens is 1. The summed E-state index contributed by atoms with van der Waals surface area (Å²) in [6, 6.07) is 28.1. The fourth-order valence-corrected chi connectivity index (χ4v) is 4.61. The van der Waals surface area contributed by atoms with Crippen molar-refractivity contribution in [3.63, 3.8) is 0 Å². The molecule has 6 heteroatoms. The molecule has 4 aromatic rings. The molecule has 0 spiro atoms. The topological polar surface area (TPSA) is 85.3 Å². The molecule has 0 aliphatic carbocycles. The lowest BCUT2D eigenvalue weighted by molar-refractivity contribution is 0.0736. The second kappa shape index (κ2) is 8.45. The summed E-state index contributed by atoms with van der Waals surface area (Å²) in [5.74, 6) is -0.0761. The van der Waals surface area contributed by atoms with E-state index in [9.17, 15) is 10.1 Å². The standard InChI is InChI=1S/C27H17BrN2O3/c28-23-11-4-3-9-20(23)25-21-13-12-17(14-24(21)33-26(30)22(25)15-29)32-27(31)19-10-5-7-16-6-1-2-8-18(16)19/h1-14,25H,30H2.